The minimum atomic E-state index is -0.991. The first kappa shape index (κ1) is 12.2. The highest BCUT2D eigenvalue weighted by Crippen LogP contribution is 2.17. The van der Waals surface area contributed by atoms with Crippen molar-refractivity contribution in [2.45, 2.75) is 20.3 Å². The van der Waals surface area contributed by atoms with Gasteiger partial charge in [0.1, 0.15) is 11.5 Å². The average Bonchev–Trinajstić information content (AvgIpc) is 2.60. The lowest BCUT2D eigenvalue weighted by molar-refractivity contribution is -0.136. The van der Waals surface area contributed by atoms with Gasteiger partial charge in [-0.25, -0.2) is 9.07 Å². The summed E-state index contributed by atoms with van der Waals surface area (Å²) in [4.78, 5) is 10.6. The zero-order valence-corrected chi connectivity index (χ0v) is 10.0. The van der Waals surface area contributed by atoms with Gasteiger partial charge in [0.15, 0.2) is 0 Å². The van der Waals surface area contributed by atoms with Gasteiger partial charge < -0.3 is 5.11 Å². The van der Waals surface area contributed by atoms with Gasteiger partial charge in [-0.1, -0.05) is 11.3 Å². The normalized spacial score (nSPS) is 10.6. The Bertz CT molecular complexity index is 607. The van der Waals surface area contributed by atoms with Crippen molar-refractivity contribution in [3.05, 3.63) is 41.0 Å². The van der Waals surface area contributed by atoms with Crippen LogP contribution < -0.4 is 0 Å². The third-order valence-corrected chi connectivity index (χ3v) is 2.64. The Labute approximate surface area is 103 Å². The van der Waals surface area contributed by atoms with Crippen LogP contribution >= 0.6 is 0 Å². The molecule has 2 aromatic rings. The Hall–Kier alpha value is -2.24. The molecule has 0 saturated carbocycles. The smallest absolute Gasteiger partial charge is 0.309 e. The van der Waals surface area contributed by atoms with E-state index in [0.29, 0.717) is 11.4 Å². The molecule has 0 fully saturated rings. The van der Waals surface area contributed by atoms with Gasteiger partial charge in [0.25, 0.3) is 0 Å². The molecule has 5 nitrogen and oxygen atoms in total. The first-order chi connectivity index (χ1) is 8.49. The summed E-state index contributed by atoms with van der Waals surface area (Å²) >= 11 is 0. The van der Waals surface area contributed by atoms with Gasteiger partial charge in [-0.05, 0) is 31.5 Å². The molecule has 0 unspecified atom stereocenters. The number of hydrogen-bond donors (Lipinski definition) is 1. The molecule has 0 aliphatic carbocycles. The maximum Gasteiger partial charge on any atom is 0.309 e. The van der Waals surface area contributed by atoms with Crippen LogP contribution in [0.15, 0.2) is 18.2 Å². The van der Waals surface area contributed by atoms with Crippen LogP contribution in [0.25, 0.3) is 5.69 Å². The predicted octanol–water partition coefficient (Wildman–Crippen LogP) is 1.65. The summed E-state index contributed by atoms with van der Waals surface area (Å²) in [5.41, 5.74) is 1.93. The number of rotatable bonds is 3. The average molecular weight is 249 g/mol. The Balaban J connectivity index is 2.45. The van der Waals surface area contributed by atoms with Crippen LogP contribution in [0.3, 0.4) is 0 Å². The fourth-order valence-electron chi connectivity index (χ4n) is 1.68. The van der Waals surface area contributed by atoms with Crippen LogP contribution in [-0.4, -0.2) is 26.1 Å². The van der Waals surface area contributed by atoms with E-state index in [4.69, 9.17) is 5.11 Å². The number of halogens is 1. The topological polar surface area (TPSA) is 68.0 Å². The van der Waals surface area contributed by atoms with Crippen LogP contribution in [-0.2, 0) is 11.2 Å². The number of aromatic nitrogens is 3. The molecular weight excluding hydrogens is 237 g/mol. The number of carboxylic acids is 1. The number of hydrogen-bond acceptors (Lipinski definition) is 3. The Morgan fingerprint density at radius 2 is 2.17 bits per heavy atom. The molecule has 0 aliphatic rings. The SMILES string of the molecule is Cc1ccc(-n2nnc(CC(=O)O)c2C)c(F)c1. The lowest BCUT2D eigenvalue weighted by Gasteiger charge is -2.05. The minimum absolute atomic E-state index is 0.223. The molecule has 0 radical (unpaired) electrons. The first-order valence-corrected chi connectivity index (χ1v) is 5.38. The number of carboxylic acid groups (broad SMARTS) is 1. The third kappa shape index (κ3) is 2.22. The monoisotopic (exact) mass is 249 g/mol. The third-order valence-electron chi connectivity index (χ3n) is 2.64. The fourth-order valence-corrected chi connectivity index (χ4v) is 1.68. The highest BCUT2D eigenvalue weighted by atomic mass is 19.1. The second-order valence-corrected chi connectivity index (χ2v) is 4.06. The first-order valence-electron chi connectivity index (χ1n) is 5.38. The molecule has 0 spiro atoms. The molecule has 1 N–H and O–H groups in total. The second-order valence-electron chi connectivity index (χ2n) is 4.06. The number of carbonyl (C=O) groups is 1. The van der Waals surface area contributed by atoms with Crippen LogP contribution in [0.1, 0.15) is 17.0 Å². The maximum absolute atomic E-state index is 13.8. The Morgan fingerprint density at radius 1 is 1.44 bits per heavy atom. The Morgan fingerprint density at radius 3 is 2.78 bits per heavy atom. The lowest BCUT2D eigenvalue weighted by atomic mass is 10.2. The van der Waals surface area contributed by atoms with Crippen molar-refractivity contribution in [2.24, 2.45) is 0 Å². The molecule has 0 saturated heterocycles. The molecule has 0 amide bonds. The summed E-state index contributed by atoms with van der Waals surface area (Å²) in [7, 11) is 0. The zero-order valence-electron chi connectivity index (χ0n) is 10.0. The van der Waals surface area contributed by atoms with Gasteiger partial charge in [-0.3, -0.25) is 4.79 Å². The number of nitrogens with zero attached hydrogens (tertiary/aromatic N) is 3. The second kappa shape index (κ2) is 4.56. The van der Waals surface area contributed by atoms with Gasteiger partial charge in [-0.2, -0.15) is 0 Å². The van der Waals surface area contributed by atoms with Crippen molar-refractivity contribution in [1.82, 2.24) is 15.0 Å². The summed E-state index contributed by atoms with van der Waals surface area (Å²) in [6.07, 6.45) is -0.223. The van der Waals surface area contributed by atoms with E-state index in [2.05, 4.69) is 10.3 Å². The summed E-state index contributed by atoms with van der Waals surface area (Å²) in [6.45, 7) is 3.45. The van der Waals surface area contributed by atoms with E-state index in [-0.39, 0.29) is 12.1 Å². The molecule has 0 aliphatic heterocycles. The molecule has 18 heavy (non-hydrogen) atoms. The number of aryl methyl sites for hydroxylation is 1. The summed E-state index contributed by atoms with van der Waals surface area (Å²) in [5, 5.41) is 16.3. The predicted molar refractivity (Wildman–Crippen MR) is 62.1 cm³/mol. The van der Waals surface area contributed by atoms with Crippen LogP contribution in [0, 0.1) is 19.7 Å². The molecule has 0 atom stereocenters. The van der Waals surface area contributed by atoms with Crippen molar-refractivity contribution >= 4 is 5.97 Å². The van der Waals surface area contributed by atoms with Crippen LogP contribution in [0.5, 0.6) is 0 Å². The van der Waals surface area contributed by atoms with E-state index in [9.17, 15) is 9.18 Å². The van der Waals surface area contributed by atoms with Gasteiger partial charge in [-0.15, -0.1) is 5.10 Å². The Kier molecular flexibility index (Phi) is 3.10. The number of benzene rings is 1. The summed E-state index contributed by atoms with van der Waals surface area (Å²) < 4.78 is 15.1. The van der Waals surface area contributed by atoms with Gasteiger partial charge in [0, 0.05) is 0 Å². The molecular formula is C12H12FN3O2. The van der Waals surface area contributed by atoms with Gasteiger partial charge >= 0.3 is 5.97 Å². The fraction of sp³-hybridized carbons (Fsp3) is 0.250. The highest BCUT2D eigenvalue weighted by molar-refractivity contribution is 5.69. The van der Waals surface area contributed by atoms with E-state index in [0.717, 1.165) is 5.56 Å². The van der Waals surface area contributed by atoms with Crippen molar-refractivity contribution in [3.8, 4) is 5.69 Å². The van der Waals surface area contributed by atoms with Crippen molar-refractivity contribution < 1.29 is 14.3 Å². The quantitative estimate of drug-likeness (QED) is 0.898. The molecule has 1 aromatic heterocycles. The zero-order chi connectivity index (χ0) is 13.3. The largest absolute Gasteiger partial charge is 0.481 e. The van der Waals surface area contributed by atoms with E-state index >= 15 is 0 Å². The van der Waals surface area contributed by atoms with Crippen molar-refractivity contribution in [1.29, 1.82) is 0 Å². The lowest BCUT2D eigenvalue weighted by Crippen LogP contribution is -2.05. The van der Waals surface area contributed by atoms with Crippen molar-refractivity contribution in [3.63, 3.8) is 0 Å². The summed E-state index contributed by atoms with van der Waals surface area (Å²) in [5.74, 6) is -1.40. The molecule has 94 valence electrons. The molecule has 6 heteroatoms. The van der Waals surface area contributed by atoms with E-state index < -0.39 is 11.8 Å². The molecule has 1 heterocycles. The maximum atomic E-state index is 13.8. The van der Waals surface area contributed by atoms with Crippen LogP contribution in [0.2, 0.25) is 0 Å². The molecule has 1 aromatic carbocycles. The highest BCUT2D eigenvalue weighted by Gasteiger charge is 2.15. The molecule has 0 bridgehead atoms. The summed E-state index contributed by atoms with van der Waals surface area (Å²) in [6, 6.07) is 4.75. The molecule has 2 rings (SSSR count). The van der Waals surface area contributed by atoms with E-state index in [1.54, 1.807) is 26.0 Å². The van der Waals surface area contributed by atoms with Crippen molar-refractivity contribution in [2.75, 3.05) is 0 Å². The van der Waals surface area contributed by atoms with E-state index in [1.807, 2.05) is 0 Å². The van der Waals surface area contributed by atoms with Gasteiger partial charge in [0.2, 0.25) is 0 Å². The van der Waals surface area contributed by atoms with Gasteiger partial charge in [0.05, 0.1) is 17.8 Å². The van der Waals surface area contributed by atoms with Crippen LogP contribution in [0.4, 0.5) is 4.39 Å². The number of aliphatic carboxylic acids is 1. The van der Waals surface area contributed by atoms with E-state index in [1.165, 1.54) is 10.7 Å². The minimum Gasteiger partial charge on any atom is -0.481 e. The standard InChI is InChI=1S/C12H12FN3O2/c1-7-3-4-11(9(13)5-7)16-8(2)10(14-15-16)6-12(17)18/h3-5H,6H2,1-2H3,(H,17,18).